The number of carbonyl (C=O) groups is 1. The normalized spacial score (nSPS) is 10.6. The van der Waals surface area contributed by atoms with E-state index in [-0.39, 0.29) is 16.6 Å². The van der Waals surface area contributed by atoms with E-state index < -0.39 is 0 Å². The van der Waals surface area contributed by atoms with Gasteiger partial charge >= 0.3 is 0 Å². The molecular formula is C10H9ClO2. The predicted molar refractivity (Wildman–Crippen MR) is 52.8 cm³/mol. The summed E-state index contributed by atoms with van der Waals surface area (Å²) in [5.74, 6) is 0.0193. The molecule has 1 aromatic rings. The molecule has 0 aromatic heterocycles. The highest BCUT2D eigenvalue weighted by Crippen LogP contribution is 2.23. The third kappa shape index (κ3) is 2.92. The van der Waals surface area contributed by atoms with Crippen LogP contribution in [-0.4, -0.2) is 10.9 Å². The molecule has 1 aromatic carbocycles. The maximum Gasteiger partial charge on any atom is 0.152 e. The van der Waals surface area contributed by atoms with Gasteiger partial charge in [-0.05, 0) is 30.7 Å². The summed E-state index contributed by atoms with van der Waals surface area (Å²) in [6, 6.07) is 4.76. The zero-order valence-corrected chi connectivity index (χ0v) is 7.88. The highest BCUT2D eigenvalue weighted by Gasteiger charge is 1.96. The number of halogens is 1. The summed E-state index contributed by atoms with van der Waals surface area (Å²) in [5, 5.41) is 9.38. The van der Waals surface area contributed by atoms with Gasteiger partial charge in [-0.3, -0.25) is 4.79 Å². The van der Waals surface area contributed by atoms with Gasteiger partial charge in [0.25, 0.3) is 0 Å². The summed E-state index contributed by atoms with van der Waals surface area (Å²) in [6.07, 6.45) is 3.09. The van der Waals surface area contributed by atoms with Gasteiger partial charge < -0.3 is 5.11 Å². The standard InChI is InChI=1S/C10H9ClO2/c1-7(12)2-3-8-4-5-10(13)9(11)6-8/h2-6,13H,1H3. The van der Waals surface area contributed by atoms with Crippen molar-refractivity contribution in [3.05, 3.63) is 34.9 Å². The van der Waals surface area contributed by atoms with Crippen LogP contribution in [0.25, 0.3) is 6.08 Å². The van der Waals surface area contributed by atoms with Gasteiger partial charge in [-0.25, -0.2) is 0 Å². The number of phenolic OH excluding ortho intramolecular Hbond substituents is 1. The molecule has 0 heterocycles. The minimum atomic E-state index is -0.0239. The van der Waals surface area contributed by atoms with Crippen LogP contribution in [0.15, 0.2) is 24.3 Å². The topological polar surface area (TPSA) is 37.3 Å². The van der Waals surface area contributed by atoms with Crippen molar-refractivity contribution in [1.29, 1.82) is 0 Å². The van der Waals surface area contributed by atoms with Gasteiger partial charge in [0.15, 0.2) is 5.78 Å². The average molecular weight is 197 g/mol. The lowest BCUT2D eigenvalue weighted by atomic mass is 10.2. The van der Waals surface area contributed by atoms with Crippen LogP contribution >= 0.6 is 11.6 Å². The Morgan fingerprint density at radius 2 is 2.23 bits per heavy atom. The van der Waals surface area contributed by atoms with Crippen molar-refractivity contribution in [2.75, 3.05) is 0 Å². The number of ketones is 1. The van der Waals surface area contributed by atoms with Crippen molar-refractivity contribution in [3.63, 3.8) is 0 Å². The molecule has 13 heavy (non-hydrogen) atoms. The minimum Gasteiger partial charge on any atom is -0.506 e. The van der Waals surface area contributed by atoms with E-state index in [1.807, 2.05) is 0 Å². The van der Waals surface area contributed by atoms with Crippen LogP contribution in [0, 0.1) is 0 Å². The molecule has 1 rings (SSSR count). The third-order valence-electron chi connectivity index (χ3n) is 1.48. The molecule has 68 valence electrons. The largest absolute Gasteiger partial charge is 0.506 e. The Labute approximate surface area is 81.5 Å². The van der Waals surface area contributed by atoms with Crippen LogP contribution in [0.3, 0.4) is 0 Å². The third-order valence-corrected chi connectivity index (χ3v) is 1.78. The van der Waals surface area contributed by atoms with E-state index in [0.29, 0.717) is 0 Å². The summed E-state index contributed by atoms with van der Waals surface area (Å²) >= 11 is 5.66. The predicted octanol–water partition coefficient (Wildman–Crippen LogP) is 2.65. The van der Waals surface area contributed by atoms with E-state index >= 15 is 0 Å². The molecule has 2 nitrogen and oxygen atoms in total. The van der Waals surface area contributed by atoms with Crippen LogP contribution in [-0.2, 0) is 4.79 Å². The Bertz CT molecular complexity index is 356. The van der Waals surface area contributed by atoms with E-state index in [4.69, 9.17) is 16.7 Å². The number of aromatic hydroxyl groups is 1. The fraction of sp³-hybridized carbons (Fsp3) is 0.100. The number of rotatable bonds is 2. The van der Waals surface area contributed by atoms with E-state index in [0.717, 1.165) is 5.56 Å². The van der Waals surface area contributed by atoms with Crippen molar-refractivity contribution in [3.8, 4) is 5.75 Å². The zero-order valence-electron chi connectivity index (χ0n) is 7.12. The molecule has 0 bridgehead atoms. The number of hydrogen-bond donors (Lipinski definition) is 1. The maximum atomic E-state index is 10.6. The molecule has 3 heteroatoms. The van der Waals surface area contributed by atoms with Crippen LogP contribution in [0.5, 0.6) is 5.75 Å². The summed E-state index contributed by atoms with van der Waals surface area (Å²) in [4.78, 5) is 10.6. The Morgan fingerprint density at radius 3 is 2.77 bits per heavy atom. The quantitative estimate of drug-likeness (QED) is 0.739. The molecule has 0 aliphatic heterocycles. The Kier molecular flexibility index (Phi) is 3.09. The summed E-state index contributed by atoms with van der Waals surface area (Å²) < 4.78 is 0. The number of hydrogen-bond acceptors (Lipinski definition) is 2. The molecule has 0 spiro atoms. The van der Waals surface area contributed by atoms with Crippen molar-refractivity contribution in [1.82, 2.24) is 0 Å². The highest BCUT2D eigenvalue weighted by atomic mass is 35.5. The molecule has 0 aliphatic carbocycles. The number of carbonyl (C=O) groups excluding carboxylic acids is 1. The monoisotopic (exact) mass is 196 g/mol. The lowest BCUT2D eigenvalue weighted by Crippen LogP contribution is -1.80. The van der Waals surface area contributed by atoms with Crippen molar-refractivity contribution in [2.24, 2.45) is 0 Å². The van der Waals surface area contributed by atoms with E-state index in [1.165, 1.54) is 19.1 Å². The molecule has 0 amide bonds. The van der Waals surface area contributed by atoms with Gasteiger partial charge in [-0.2, -0.15) is 0 Å². The molecule has 0 atom stereocenters. The molecule has 0 saturated heterocycles. The summed E-state index contributed by atoms with van der Waals surface area (Å²) in [5.41, 5.74) is 0.790. The lowest BCUT2D eigenvalue weighted by molar-refractivity contribution is -0.112. The zero-order chi connectivity index (χ0) is 9.84. The second-order valence-electron chi connectivity index (χ2n) is 2.65. The molecular weight excluding hydrogens is 188 g/mol. The fourth-order valence-electron chi connectivity index (χ4n) is 0.840. The first kappa shape index (κ1) is 9.81. The number of phenols is 1. The van der Waals surface area contributed by atoms with Gasteiger partial charge in [0.05, 0.1) is 5.02 Å². The van der Waals surface area contributed by atoms with Crippen LogP contribution in [0.1, 0.15) is 12.5 Å². The van der Waals surface area contributed by atoms with E-state index in [9.17, 15) is 4.79 Å². The second-order valence-corrected chi connectivity index (χ2v) is 3.06. The first-order valence-electron chi connectivity index (χ1n) is 3.77. The lowest BCUT2D eigenvalue weighted by Gasteiger charge is -1.97. The molecule has 0 radical (unpaired) electrons. The first-order valence-corrected chi connectivity index (χ1v) is 4.14. The summed E-state index contributed by atoms with van der Waals surface area (Å²) in [6.45, 7) is 1.47. The number of benzene rings is 1. The SMILES string of the molecule is CC(=O)C=Cc1ccc(O)c(Cl)c1. The van der Waals surface area contributed by atoms with Gasteiger partial charge in [0.1, 0.15) is 5.75 Å². The number of allylic oxidation sites excluding steroid dienone is 1. The van der Waals surface area contributed by atoms with Crippen LogP contribution in [0.2, 0.25) is 5.02 Å². The smallest absolute Gasteiger partial charge is 0.152 e. The van der Waals surface area contributed by atoms with E-state index in [2.05, 4.69) is 0 Å². The fourth-order valence-corrected chi connectivity index (χ4v) is 1.03. The molecule has 0 aliphatic rings. The Hall–Kier alpha value is -1.28. The molecule has 0 fully saturated rings. The van der Waals surface area contributed by atoms with Crippen molar-refractivity contribution in [2.45, 2.75) is 6.92 Å². The Balaban J connectivity index is 2.92. The van der Waals surface area contributed by atoms with Gasteiger partial charge in [-0.1, -0.05) is 23.7 Å². The van der Waals surface area contributed by atoms with Gasteiger partial charge in [0, 0.05) is 0 Å². The first-order chi connectivity index (χ1) is 6.09. The van der Waals surface area contributed by atoms with E-state index in [1.54, 1.807) is 18.2 Å². The van der Waals surface area contributed by atoms with Crippen LogP contribution < -0.4 is 0 Å². The second kappa shape index (κ2) is 4.10. The highest BCUT2D eigenvalue weighted by molar-refractivity contribution is 6.32. The van der Waals surface area contributed by atoms with Gasteiger partial charge in [0.2, 0.25) is 0 Å². The summed E-state index contributed by atoms with van der Waals surface area (Å²) in [7, 11) is 0. The minimum absolute atomic E-state index is 0.0239. The molecule has 0 unspecified atom stereocenters. The van der Waals surface area contributed by atoms with Crippen molar-refractivity contribution >= 4 is 23.5 Å². The average Bonchev–Trinajstić information content (AvgIpc) is 2.07. The molecule has 1 N–H and O–H groups in total. The van der Waals surface area contributed by atoms with Gasteiger partial charge in [-0.15, -0.1) is 0 Å². The maximum absolute atomic E-state index is 10.6. The molecule has 0 saturated carbocycles. The van der Waals surface area contributed by atoms with Crippen LogP contribution in [0.4, 0.5) is 0 Å². The Morgan fingerprint density at radius 1 is 1.54 bits per heavy atom. The van der Waals surface area contributed by atoms with Crippen molar-refractivity contribution < 1.29 is 9.90 Å².